The fourth-order valence-electron chi connectivity index (χ4n) is 1.81. The number of carbonyl (C=O) groups excluding carboxylic acids is 1. The summed E-state index contributed by atoms with van der Waals surface area (Å²) in [5.41, 5.74) is 2.32. The maximum absolute atomic E-state index is 12.3. The van der Waals surface area contributed by atoms with Gasteiger partial charge in [0, 0.05) is 5.56 Å². The summed E-state index contributed by atoms with van der Waals surface area (Å²) in [4.78, 5) is 12.3. The molecule has 2 rings (SSSR count). The molecule has 0 aliphatic rings. The van der Waals surface area contributed by atoms with Gasteiger partial charge in [-0.3, -0.25) is 4.79 Å². The van der Waals surface area contributed by atoms with Crippen molar-refractivity contribution in [2.45, 2.75) is 19.8 Å². The van der Waals surface area contributed by atoms with Crippen LogP contribution < -0.4 is 0 Å². The molecule has 1 aromatic carbocycles. The van der Waals surface area contributed by atoms with E-state index in [1.165, 1.54) is 16.9 Å². The summed E-state index contributed by atoms with van der Waals surface area (Å²) < 4.78 is 0.985. The number of thiophene rings is 1. The lowest BCUT2D eigenvalue weighted by atomic mass is 10.0. The van der Waals surface area contributed by atoms with Crippen molar-refractivity contribution in [2.75, 3.05) is 0 Å². The van der Waals surface area contributed by atoms with Gasteiger partial charge in [-0.05, 0) is 24.1 Å². The maximum atomic E-state index is 12.3. The number of ketones is 1. The Morgan fingerprint density at radius 2 is 2.06 bits per heavy atom. The molecular weight excluding hydrogens is 287 g/mol. The molecule has 0 N–H and O–H groups in total. The highest BCUT2D eigenvalue weighted by atomic mass is 35.5. The molecule has 0 fully saturated rings. The molecule has 1 aromatic heterocycles. The predicted molar refractivity (Wildman–Crippen MR) is 78.2 cm³/mol. The van der Waals surface area contributed by atoms with Crippen LogP contribution in [0.2, 0.25) is 8.67 Å². The Labute approximate surface area is 120 Å². The summed E-state index contributed by atoms with van der Waals surface area (Å²) in [6, 6.07) is 9.29. The second kappa shape index (κ2) is 5.87. The van der Waals surface area contributed by atoms with E-state index in [2.05, 4.69) is 6.92 Å². The van der Waals surface area contributed by atoms with E-state index in [-0.39, 0.29) is 5.78 Å². The van der Waals surface area contributed by atoms with E-state index in [9.17, 15) is 4.79 Å². The molecule has 2 aromatic rings. The maximum Gasteiger partial charge on any atom is 0.195 e. The number of halogens is 2. The van der Waals surface area contributed by atoms with Crippen molar-refractivity contribution in [3.8, 4) is 0 Å². The summed E-state index contributed by atoms with van der Waals surface area (Å²) in [6.07, 6.45) is 2.03. The molecule has 0 atom stereocenters. The highest BCUT2D eigenvalue weighted by Crippen LogP contribution is 2.32. The zero-order valence-electron chi connectivity index (χ0n) is 9.87. The molecule has 0 aliphatic carbocycles. The van der Waals surface area contributed by atoms with E-state index in [4.69, 9.17) is 23.2 Å². The van der Waals surface area contributed by atoms with E-state index < -0.39 is 0 Å². The average molecular weight is 299 g/mol. The second-order valence-electron chi connectivity index (χ2n) is 4.02. The summed E-state index contributed by atoms with van der Waals surface area (Å²) >= 11 is 13.1. The molecule has 0 saturated carbocycles. The molecule has 18 heavy (non-hydrogen) atoms. The van der Waals surface area contributed by atoms with Gasteiger partial charge in [-0.25, -0.2) is 0 Å². The van der Waals surface area contributed by atoms with Gasteiger partial charge in [-0.15, -0.1) is 11.3 Å². The smallest absolute Gasteiger partial charge is 0.195 e. The first-order valence-electron chi connectivity index (χ1n) is 5.70. The minimum absolute atomic E-state index is 0.0684. The number of benzene rings is 1. The summed E-state index contributed by atoms with van der Waals surface area (Å²) in [5, 5.41) is 0. The summed E-state index contributed by atoms with van der Waals surface area (Å²) in [7, 11) is 0. The molecule has 1 heterocycles. The molecule has 0 amide bonds. The van der Waals surface area contributed by atoms with Gasteiger partial charge in [0.2, 0.25) is 0 Å². The highest BCUT2D eigenvalue weighted by Gasteiger charge is 2.16. The average Bonchev–Trinajstić information content (AvgIpc) is 2.68. The molecule has 0 radical (unpaired) electrons. The van der Waals surface area contributed by atoms with Crippen LogP contribution in [0.3, 0.4) is 0 Å². The Morgan fingerprint density at radius 1 is 1.28 bits per heavy atom. The monoisotopic (exact) mass is 298 g/mol. The lowest BCUT2D eigenvalue weighted by molar-refractivity contribution is 0.103. The fourth-order valence-corrected chi connectivity index (χ4v) is 3.27. The van der Waals surface area contributed by atoms with Crippen LogP contribution in [0.1, 0.15) is 34.8 Å². The van der Waals surface area contributed by atoms with Crippen molar-refractivity contribution in [1.29, 1.82) is 0 Å². The SMILES string of the molecule is CCCc1cccc(C(=O)c2cc(Cl)sc2Cl)c1. The third-order valence-corrected chi connectivity index (χ3v) is 4.12. The zero-order chi connectivity index (χ0) is 13.1. The molecule has 0 unspecified atom stereocenters. The first kappa shape index (κ1) is 13.6. The normalized spacial score (nSPS) is 10.6. The molecular formula is C14H12Cl2OS. The summed E-state index contributed by atoms with van der Waals surface area (Å²) in [6.45, 7) is 2.12. The Bertz CT molecular complexity index is 575. The molecule has 0 spiro atoms. The third kappa shape index (κ3) is 2.94. The van der Waals surface area contributed by atoms with Crippen LogP contribution >= 0.6 is 34.5 Å². The fraction of sp³-hybridized carbons (Fsp3) is 0.214. The van der Waals surface area contributed by atoms with Gasteiger partial charge in [0.15, 0.2) is 5.78 Å². The van der Waals surface area contributed by atoms with E-state index in [0.717, 1.165) is 12.8 Å². The number of carbonyl (C=O) groups is 1. The van der Waals surface area contributed by atoms with Gasteiger partial charge in [-0.1, -0.05) is 54.7 Å². The van der Waals surface area contributed by atoms with Crippen molar-refractivity contribution in [2.24, 2.45) is 0 Å². The molecule has 0 saturated heterocycles. The van der Waals surface area contributed by atoms with Crippen molar-refractivity contribution in [1.82, 2.24) is 0 Å². The van der Waals surface area contributed by atoms with E-state index in [1.54, 1.807) is 6.07 Å². The van der Waals surface area contributed by atoms with Gasteiger partial charge in [0.05, 0.1) is 9.90 Å². The number of hydrogen-bond donors (Lipinski definition) is 0. The van der Waals surface area contributed by atoms with Crippen molar-refractivity contribution < 1.29 is 4.79 Å². The van der Waals surface area contributed by atoms with E-state index >= 15 is 0 Å². The van der Waals surface area contributed by atoms with E-state index in [1.807, 2.05) is 24.3 Å². The van der Waals surface area contributed by atoms with Crippen molar-refractivity contribution in [3.05, 3.63) is 55.7 Å². The van der Waals surface area contributed by atoms with Crippen molar-refractivity contribution in [3.63, 3.8) is 0 Å². The van der Waals surface area contributed by atoms with E-state index in [0.29, 0.717) is 19.8 Å². The van der Waals surface area contributed by atoms with Crippen LogP contribution in [0.15, 0.2) is 30.3 Å². The van der Waals surface area contributed by atoms with Crippen LogP contribution in [-0.2, 0) is 6.42 Å². The number of aryl methyl sites for hydroxylation is 1. The van der Waals surface area contributed by atoms with Gasteiger partial charge in [0.1, 0.15) is 4.34 Å². The second-order valence-corrected chi connectivity index (χ2v) is 6.30. The molecule has 0 aliphatic heterocycles. The zero-order valence-corrected chi connectivity index (χ0v) is 12.2. The summed E-state index contributed by atoms with van der Waals surface area (Å²) in [5.74, 6) is -0.0684. The number of hydrogen-bond acceptors (Lipinski definition) is 2. The van der Waals surface area contributed by atoms with Crippen LogP contribution in [0.5, 0.6) is 0 Å². The van der Waals surface area contributed by atoms with Crippen LogP contribution in [0, 0.1) is 0 Å². The highest BCUT2D eigenvalue weighted by molar-refractivity contribution is 7.20. The van der Waals surface area contributed by atoms with Crippen molar-refractivity contribution >= 4 is 40.3 Å². The Balaban J connectivity index is 2.34. The third-order valence-electron chi connectivity index (χ3n) is 2.63. The van der Waals surface area contributed by atoms with Gasteiger partial charge < -0.3 is 0 Å². The van der Waals surface area contributed by atoms with Crippen LogP contribution in [0.25, 0.3) is 0 Å². The Morgan fingerprint density at radius 3 is 2.67 bits per heavy atom. The minimum atomic E-state index is -0.0684. The standard InChI is InChI=1S/C14H12Cl2OS/c1-2-4-9-5-3-6-10(7-9)13(17)11-8-12(15)18-14(11)16/h3,5-8H,2,4H2,1H3. The first-order chi connectivity index (χ1) is 8.61. The van der Waals surface area contributed by atoms with Gasteiger partial charge in [-0.2, -0.15) is 0 Å². The largest absolute Gasteiger partial charge is 0.289 e. The lowest BCUT2D eigenvalue weighted by Gasteiger charge is -2.03. The van der Waals surface area contributed by atoms with Gasteiger partial charge >= 0.3 is 0 Å². The first-order valence-corrected chi connectivity index (χ1v) is 7.27. The topological polar surface area (TPSA) is 17.1 Å². The van der Waals surface area contributed by atoms with Crippen LogP contribution in [-0.4, -0.2) is 5.78 Å². The lowest BCUT2D eigenvalue weighted by Crippen LogP contribution is -2.01. The number of rotatable bonds is 4. The molecule has 94 valence electrons. The Kier molecular flexibility index (Phi) is 4.44. The molecule has 0 bridgehead atoms. The minimum Gasteiger partial charge on any atom is -0.289 e. The predicted octanol–water partition coefficient (Wildman–Crippen LogP) is 5.24. The Hall–Kier alpha value is -0.830. The molecule has 1 nitrogen and oxygen atoms in total. The van der Waals surface area contributed by atoms with Gasteiger partial charge in [0.25, 0.3) is 0 Å². The molecule has 4 heteroatoms. The quantitative estimate of drug-likeness (QED) is 0.706. The van der Waals surface area contributed by atoms with Crippen LogP contribution in [0.4, 0.5) is 0 Å².